The summed E-state index contributed by atoms with van der Waals surface area (Å²) >= 11 is 0. The van der Waals surface area contributed by atoms with Crippen molar-refractivity contribution in [2.24, 2.45) is 4.99 Å². The summed E-state index contributed by atoms with van der Waals surface area (Å²) in [5, 5.41) is 17.1. The summed E-state index contributed by atoms with van der Waals surface area (Å²) in [5.41, 5.74) is -0.137. The number of aliphatic hydroxyl groups is 1. The van der Waals surface area contributed by atoms with Crippen molar-refractivity contribution in [2.45, 2.75) is 30.1 Å². The highest BCUT2D eigenvalue weighted by Gasteiger charge is 2.48. The van der Waals surface area contributed by atoms with E-state index in [0.29, 0.717) is 22.6 Å². The first-order valence-corrected chi connectivity index (χ1v) is 21.2. The Balaban J connectivity index is 1.18. The quantitative estimate of drug-likeness (QED) is 0.0353. The summed E-state index contributed by atoms with van der Waals surface area (Å²) in [6, 6.07) is 41.2. The van der Waals surface area contributed by atoms with E-state index in [2.05, 4.69) is 32.5 Å². The van der Waals surface area contributed by atoms with Gasteiger partial charge in [-0.15, -0.1) is 0 Å². The fraction of sp³-hybridized carbons (Fsp3) is 0.235. The van der Waals surface area contributed by atoms with Crippen LogP contribution in [0.2, 0.25) is 0 Å². The van der Waals surface area contributed by atoms with Crippen molar-refractivity contribution in [2.75, 3.05) is 47.7 Å². The molecule has 1 aliphatic heterocycles. The van der Waals surface area contributed by atoms with Gasteiger partial charge in [-0.3, -0.25) is 34.6 Å². The molecule has 2 amide bonds. The van der Waals surface area contributed by atoms with Crippen LogP contribution < -0.4 is 31.4 Å². The second kappa shape index (κ2) is 22.5. The maximum absolute atomic E-state index is 13.6. The third-order valence-corrected chi connectivity index (χ3v) is 10.9. The Labute approximate surface area is 386 Å². The Bertz CT molecular complexity index is 2700. The molecular formula is C51H49N5O11. The normalized spacial score (nSPS) is 16.5. The highest BCUT2D eigenvalue weighted by atomic mass is 16.6. The van der Waals surface area contributed by atoms with Gasteiger partial charge in [-0.25, -0.2) is 9.79 Å². The first-order chi connectivity index (χ1) is 32.6. The molecule has 0 unspecified atom stereocenters. The number of aliphatic hydroxyl groups excluding tert-OH is 1. The summed E-state index contributed by atoms with van der Waals surface area (Å²) in [4.78, 5) is 59.4. The van der Waals surface area contributed by atoms with E-state index in [1.807, 2.05) is 78.9 Å². The summed E-state index contributed by atoms with van der Waals surface area (Å²) in [6.45, 7) is -0.295. The Morgan fingerprint density at radius 2 is 1.27 bits per heavy atom. The van der Waals surface area contributed by atoms with Crippen LogP contribution in [0.5, 0.6) is 11.5 Å². The van der Waals surface area contributed by atoms with E-state index in [4.69, 9.17) is 28.4 Å². The number of hydrogen-bond acceptors (Lipinski definition) is 12. The van der Waals surface area contributed by atoms with Crippen molar-refractivity contribution in [1.82, 2.24) is 20.2 Å². The van der Waals surface area contributed by atoms with Crippen LogP contribution in [-0.4, -0.2) is 98.4 Å². The number of aromatic amines is 1. The molecule has 2 heterocycles. The summed E-state index contributed by atoms with van der Waals surface area (Å²) in [6.07, 6.45) is -3.63. The van der Waals surface area contributed by atoms with Gasteiger partial charge in [0.25, 0.3) is 17.4 Å². The Morgan fingerprint density at radius 3 is 1.79 bits per heavy atom. The molecule has 0 bridgehead atoms. The lowest BCUT2D eigenvalue weighted by molar-refractivity contribution is -0.0994. The maximum Gasteiger partial charge on any atom is 0.330 e. The molecule has 0 saturated carbocycles. The number of aromatic nitrogens is 2. The van der Waals surface area contributed by atoms with Gasteiger partial charge in [-0.05, 0) is 65.2 Å². The highest BCUT2D eigenvalue weighted by Crippen LogP contribution is 2.43. The number of hydrogen-bond donors (Lipinski definition) is 4. The lowest BCUT2D eigenvalue weighted by atomic mass is 9.80. The average molecular weight is 908 g/mol. The molecule has 5 aromatic carbocycles. The molecule has 0 spiro atoms. The van der Waals surface area contributed by atoms with Crippen LogP contribution in [0.15, 0.2) is 160 Å². The molecule has 1 fully saturated rings. The van der Waals surface area contributed by atoms with E-state index >= 15 is 0 Å². The van der Waals surface area contributed by atoms with Gasteiger partial charge >= 0.3 is 5.69 Å². The molecule has 0 aliphatic carbocycles. The third-order valence-electron chi connectivity index (χ3n) is 10.9. The Morgan fingerprint density at radius 1 is 0.746 bits per heavy atom. The van der Waals surface area contributed by atoms with Crippen molar-refractivity contribution in [3.8, 4) is 23.3 Å². The van der Waals surface area contributed by atoms with Gasteiger partial charge in [-0.1, -0.05) is 103 Å². The number of amides is 2. The number of carbonyl (C=O) groups is 2. The summed E-state index contributed by atoms with van der Waals surface area (Å²) < 4.78 is 36.9. The van der Waals surface area contributed by atoms with Crippen LogP contribution in [0.25, 0.3) is 0 Å². The number of rotatable bonds is 16. The van der Waals surface area contributed by atoms with Gasteiger partial charge in [0.1, 0.15) is 47.5 Å². The minimum absolute atomic E-state index is 0.0318. The fourth-order valence-electron chi connectivity index (χ4n) is 7.47. The monoisotopic (exact) mass is 907 g/mol. The highest BCUT2D eigenvalue weighted by molar-refractivity contribution is 6.12. The van der Waals surface area contributed by atoms with Gasteiger partial charge in [0.05, 0.1) is 34.0 Å². The van der Waals surface area contributed by atoms with Gasteiger partial charge in [0, 0.05) is 24.4 Å². The van der Waals surface area contributed by atoms with Gasteiger partial charge < -0.3 is 33.5 Å². The number of guanidine groups is 1. The lowest BCUT2D eigenvalue weighted by Crippen LogP contribution is -2.44. The van der Waals surface area contributed by atoms with Gasteiger partial charge in [0.2, 0.25) is 5.96 Å². The zero-order valence-electron chi connectivity index (χ0n) is 36.9. The number of nitrogens with zero attached hydrogens (tertiary/aromatic N) is 2. The maximum atomic E-state index is 13.6. The largest absolute Gasteiger partial charge is 0.497 e. The number of nitrogens with one attached hydrogen (secondary N) is 3. The number of ether oxygens (including phenoxy) is 6. The van der Waals surface area contributed by atoms with Crippen LogP contribution in [-0.2, 0) is 24.5 Å². The molecule has 4 atom stereocenters. The van der Waals surface area contributed by atoms with Crippen LogP contribution in [0.4, 0.5) is 0 Å². The molecule has 0 radical (unpaired) electrons. The second-order valence-electron chi connectivity index (χ2n) is 15.0. The predicted octanol–water partition coefficient (Wildman–Crippen LogP) is 4.42. The lowest BCUT2D eigenvalue weighted by Gasteiger charge is -2.37. The summed E-state index contributed by atoms with van der Waals surface area (Å²) in [7, 11) is 4.67. The van der Waals surface area contributed by atoms with Crippen molar-refractivity contribution < 1.29 is 43.1 Å². The number of carbonyl (C=O) groups excluding carboxylic acids is 2. The Kier molecular flexibility index (Phi) is 15.9. The molecule has 16 heteroatoms. The minimum atomic E-state index is -1.35. The first kappa shape index (κ1) is 47.3. The zero-order chi connectivity index (χ0) is 47.2. The topological polar surface area (TPSA) is 201 Å². The van der Waals surface area contributed by atoms with Gasteiger partial charge in [-0.2, -0.15) is 0 Å². The molecule has 7 rings (SSSR count). The SMILES string of the molecule is COCCO[C@@H]1[C@H](O)[C@@H](COC(c2ccccc2)(c2ccc(OC)cc2)c2ccc(OC)cc2)O[C@H]1n1cc(C#CCN=C(NC(=O)c2ccccc2)NC(=O)c2ccccc2)c(=O)[nH]c1=O. The van der Waals surface area contributed by atoms with Gasteiger partial charge in [0.15, 0.2) is 6.23 Å². The molecule has 6 aromatic rings. The molecule has 1 aliphatic rings. The average Bonchev–Trinajstić information content (AvgIpc) is 3.68. The van der Waals surface area contributed by atoms with E-state index in [0.717, 1.165) is 21.3 Å². The van der Waals surface area contributed by atoms with E-state index in [1.54, 1.807) is 74.9 Å². The van der Waals surface area contributed by atoms with E-state index < -0.39 is 53.2 Å². The number of methoxy groups -OCH3 is 3. The predicted molar refractivity (Wildman–Crippen MR) is 248 cm³/mol. The smallest absolute Gasteiger partial charge is 0.330 e. The molecule has 1 saturated heterocycles. The third kappa shape index (κ3) is 11.2. The molecule has 4 N–H and O–H groups in total. The van der Waals surface area contributed by atoms with Crippen molar-refractivity contribution >= 4 is 17.8 Å². The summed E-state index contributed by atoms with van der Waals surface area (Å²) in [5.74, 6) is 5.53. The molecule has 1 aromatic heterocycles. The number of H-pyrrole nitrogens is 1. The number of benzene rings is 5. The first-order valence-electron chi connectivity index (χ1n) is 21.2. The Hall–Kier alpha value is -7.65. The van der Waals surface area contributed by atoms with E-state index in [-0.39, 0.29) is 37.9 Å². The van der Waals surface area contributed by atoms with Crippen LogP contribution in [0.1, 0.15) is 49.2 Å². The van der Waals surface area contributed by atoms with Crippen molar-refractivity contribution in [1.29, 1.82) is 0 Å². The molecule has 67 heavy (non-hydrogen) atoms. The molecule has 344 valence electrons. The standard InChI is InChI=1S/C51H49N5O11/c1-62-30-31-65-44-43(57)42(33-66-51(37-19-11-6-12-20-37,38-21-25-40(63-2)26-22-38)39-23-27-41(64-3)28-24-39)67-48(44)56-32-36(47(60)55-50(56)61)18-13-29-52-49(53-45(58)34-14-7-4-8-15-34)54-46(59)35-16-9-5-10-17-35/h4-12,14-17,19-28,32,42-44,48,57H,29-31,33H2,1-3H3,(H,55,60,61)(H2,52,53,54,58,59)/t42-,43-,44-,48-/m1/s1. The van der Waals surface area contributed by atoms with E-state index in [9.17, 15) is 24.3 Å². The van der Waals surface area contributed by atoms with Crippen molar-refractivity contribution in [3.63, 3.8) is 0 Å². The van der Waals surface area contributed by atoms with Crippen molar-refractivity contribution in [3.05, 3.63) is 200 Å². The zero-order valence-corrected chi connectivity index (χ0v) is 36.9. The van der Waals surface area contributed by atoms with Crippen LogP contribution >= 0.6 is 0 Å². The second-order valence-corrected chi connectivity index (χ2v) is 15.0. The van der Waals surface area contributed by atoms with Crippen LogP contribution in [0.3, 0.4) is 0 Å². The van der Waals surface area contributed by atoms with E-state index in [1.165, 1.54) is 13.3 Å². The molecular weight excluding hydrogens is 859 g/mol. The number of aliphatic imine (C=N–C) groups is 1. The fourth-order valence-corrected chi connectivity index (χ4v) is 7.47. The minimum Gasteiger partial charge on any atom is -0.497 e. The van der Waals surface area contributed by atoms with Crippen LogP contribution in [0, 0.1) is 11.8 Å². The molecule has 16 nitrogen and oxygen atoms in total.